The molecule has 0 radical (unpaired) electrons. The van der Waals surface area contributed by atoms with Crippen LogP contribution in [0, 0.1) is 6.92 Å². The number of carbonyl (C=O) groups is 1. The minimum absolute atomic E-state index is 0.147. The van der Waals surface area contributed by atoms with Gasteiger partial charge in [-0.05, 0) is 48.9 Å². The third-order valence-electron chi connectivity index (χ3n) is 4.41. The van der Waals surface area contributed by atoms with Gasteiger partial charge in [-0.15, -0.1) is 0 Å². The Labute approximate surface area is 124 Å². The Balaban J connectivity index is 1.67. The number of fused-ring (bicyclic) bond motifs is 1. The lowest BCUT2D eigenvalue weighted by Crippen LogP contribution is -2.20. The smallest absolute Gasteiger partial charge is 0.170 e. The maximum atomic E-state index is 12.4. The van der Waals surface area contributed by atoms with E-state index >= 15 is 0 Å². The first-order valence-electron chi connectivity index (χ1n) is 7.61. The van der Waals surface area contributed by atoms with Crippen molar-refractivity contribution in [3.8, 4) is 5.75 Å². The molecule has 1 unspecified atom stereocenters. The summed E-state index contributed by atoms with van der Waals surface area (Å²) in [5.41, 5.74) is 4.33. The zero-order chi connectivity index (χ0) is 14.4. The third-order valence-corrected chi connectivity index (χ3v) is 4.41. The van der Waals surface area contributed by atoms with Crippen LogP contribution in [0.15, 0.2) is 42.5 Å². The molecule has 1 aliphatic heterocycles. The van der Waals surface area contributed by atoms with E-state index in [2.05, 4.69) is 24.3 Å². The van der Waals surface area contributed by atoms with Gasteiger partial charge in [-0.3, -0.25) is 4.79 Å². The summed E-state index contributed by atoms with van der Waals surface area (Å²) in [5, 5.41) is 0. The van der Waals surface area contributed by atoms with Crippen LogP contribution >= 0.6 is 0 Å². The van der Waals surface area contributed by atoms with Crippen molar-refractivity contribution < 1.29 is 9.53 Å². The van der Waals surface area contributed by atoms with E-state index in [1.165, 1.54) is 18.4 Å². The van der Waals surface area contributed by atoms with Gasteiger partial charge in [0.2, 0.25) is 0 Å². The van der Waals surface area contributed by atoms with Crippen molar-refractivity contribution in [3.05, 3.63) is 64.7 Å². The van der Waals surface area contributed by atoms with Gasteiger partial charge < -0.3 is 4.74 Å². The number of carbonyl (C=O) groups excluding carboxylic acids is 1. The van der Waals surface area contributed by atoms with Gasteiger partial charge in [0.25, 0.3) is 0 Å². The van der Waals surface area contributed by atoms with Crippen molar-refractivity contribution in [1.29, 1.82) is 0 Å². The molecule has 0 saturated heterocycles. The van der Waals surface area contributed by atoms with Gasteiger partial charge in [-0.25, -0.2) is 0 Å². The van der Waals surface area contributed by atoms with Crippen LogP contribution in [-0.2, 0) is 0 Å². The summed E-state index contributed by atoms with van der Waals surface area (Å²) in [6, 6.07) is 14.4. The van der Waals surface area contributed by atoms with Gasteiger partial charge in [0.15, 0.2) is 5.78 Å². The summed E-state index contributed by atoms with van der Waals surface area (Å²) in [6.45, 7) is 2.00. The predicted molar refractivity (Wildman–Crippen MR) is 81.9 cm³/mol. The molecule has 2 heteroatoms. The highest BCUT2D eigenvalue weighted by Crippen LogP contribution is 2.42. The van der Waals surface area contributed by atoms with Crippen LogP contribution < -0.4 is 4.74 Å². The maximum Gasteiger partial charge on any atom is 0.170 e. The zero-order valence-corrected chi connectivity index (χ0v) is 12.1. The average molecular weight is 278 g/mol. The quantitative estimate of drug-likeness (QED) is 0.803. The highest BCUT2D eigenvalue weighted by molar-refractivity contribution is 6.00. The van der Waals surface area contributed by atoms with Gasteiger partial charge in [-0.1, -0.05) is 35.9 Å². The van der Waals surface area contributed by atoms with Crippen LogP contribution in [0.5, 0.6) is 5.75 Å². The van der Waals surface area contributed by atoms with Crippen molar-refractivity contribution in [1.82, 2.24) is 0 Å². The number of Topliss-reactive ketones (excluding diaryl/α,β-unsaturated/α-hetero) is 1. The van der Waals surface area contributed by atoms with Crippen LogP contribution in [0.2, 0.25) is 0 Å². The molecule has 1 fully saturated rings. The molecular weight excluding hydrogens is 260 g/mol. The number of hydrogen-bond donors (Lipinski definition) is 0. The molecule has 1 atom stereocenters. The van der Waals surface area contributed by atoms with Crippen LogP contribution in [0.25, 0.3) is 0 Å². The summed E-state index contributed by atoms with van der Waals surface area (Å²) >= 11 is 0. The zero-order valence-electron chi connectivity index (χ0n) is 12.1. The van der Waals surface area contributed by atoms with Crippen molar-refractivity contribution >= 4 is 5.78 Å². The SMILES string of the molecule is Cc1ccc2c(c1)C(=O)CC(c1cccc(C3CC3)c1)O2. The Kier molecular flexibility index (Phi) is 2.85. The van der Waals surface area contributed by atoms with Crippen molar-refractivity contribution in [3.63, 3.8) is 0 Å². The Bertz CT molecular complexity index is 713. The Morgan fingerprint density at radius 3 is 2.67 bits per heavy atom. The highest BCUT2D eigenvalue weighted by Gasteiger charge is 2.29. The summed E-state index contributed by atoms with van der Waals surface area (Å²) in [6.07, 6.45) is 2.86. The van der Waals surface area contributed by atoms with Crippen molar-refractivity contribution in [2.75, 3.05) is 0 Å². The van der Waals surface area contributed by atoms with Crippen LogP contribution in [-0.4, -0.2) is 5.78 Å². The number of rotatable bonds is 2. The van der Waals surface area contributed by atoms with Gasteiger partial charge in [0.05, 0.1) is 12.0 Å². The largest absolute Gasteiger partial charge is 0.484 e. The molecule has 2 aliphatic rings. The second-order valence-corrected chi connectivity index (χ2v) is 6.18. The van der Waals surface area contributed by atoms with Gasteiger partial charge in [0.1, 0.15) is 11.9 Å². The van der Waals surface area contributed by atoms with Crippen LogP contribution in [0.4, 0.5) is 0 Å². The molecule has 2 nitrogen and oxygen atoms in total. The average Bonchev–Trinajstić information content (AvgIpc) is 3.33. The lowest BCUT2D eigenvalue weighted by molar-refractivity contribution is 0.0850. The number of benzene rings is 2. The summed E-state index contributed by atoms with van der Waals surface area (Å²) in [4.78, 5) is 12.4. The number of ketones is 1. The monoisotopic (exact) mass is 278 g/mol. The molecule has 0 bridgehead atoms. The lowest BCUT2D eigenvalue weighted by Gasteiger charge is -2.26. The van der Waals surface area contributed by atoms with Gasteiger partial charge >= 0.3 is 0 Å². The molecule has 2 aromatic carbocycles. The van der Waals surface area contributed by atoms with E-state index in [1.54, 1.807) is 0 Å². The molecule has 0 N–H and O–H groups in total. The standard InChI is InChI=1S/C19H18O2/c1-12-5-8-18-16(9-12)17(20)11-19(21-18)15-4-2-3-14(10-15)13-6-7-13/h2-5,8-10,13,19H,6-7,11H2,1H3. The normalized spacial score (nSPS) is 20.8. The second-order valence-electron chi connectivity index (χ2n) is 6.18. The van der Waals surface area contributed by atoms with Crippen LogP contribution in [0.1, 0.15) is 58.3 Å². The third kappa shape index (κ3) is 2.35. The Hall–Kier alpha value is -2.09. The van der Waals surface area contributed by atoms with E-state index in [-0.39, 0.29) is 11.9 Å². The molecule has 0 spiro atoms. The van der Waals surface area contributed by atoms with Crippen molar-refractivity contribution in [2.24, 2.45) is 0 Å². The summed E-state index contributed by atoms with van der Waals surface area (Å²) < 4.78 is 6.08. The fourth-order valence-corrected chi connectivity index (χ4v) is 3.05. The molecule has 0 aromatic heterocycles. The number of hydrogen-bond acceptors (Lipinski definition) is 2. The first-order valence-corrected chi connectivity index (χ1v) is 7.61. The molecular formula is C19H18O2. The van der Waals surface area contributed by atoms with E-state index in [9.17, 15) is 4.79 Å². The number of ether oxygens (including phenoxy) is 1. The summed E-state index contributed by atoms with van der Waals surface area (Å²) in [7, 11) is 0. The van der Waals surface area contributed by atoms with Crippen molar-refractivity contribution in [2.45, 2.75) is 38.2 Å². The minimum atomic E-state index is -0.147. The Morgan fingerprint density at radius 1 is 1.05 bits per heavy atom. The van der Waals surface area contributed by atoms with Crippen LogP contribution in [0.3, 0.4) is 0 Å². The maximum absolute atomic E-state index is 12.4. The van der Waals surface area contributed by atoms with E-state index in [0.29, 0.717) is 6.42 Å². The fraction of sp³-hybridized carbons (Fsp3) is 0.316. The molecule has 4 rings (SSSR count). The van der Waals surface area contributed by atoms with Gasteiger partial charge in [-0.2, -0.15) is 0 Å². The molecule has 1 aliphatic carbocycles. The molecule has 106 valence electrons. The first kappa shape index (κ1) is 12.6. The molecule has 1 saturated carbocycles. The molecule has 2 aromatic rings. The second kappa shape index (κ2) is 4.73. The minimum Gasteiger partial charge on any atom is -0.484 e. The highest BCUT2D eigenvalue weighted by atomic mass is 16.5. The van der Waals surface area contributed by atoms with E-state index in [4.69, 9.17) is 4.74 Å². The molecule has 21 heavy (non-hydrogen) atoms. The first-order chi connectivity index (χ1) is 10.2. The van der Waals surface area contributed by atoms with E-state index in [1.807, 2.05) is 25.1 Å². The fourth-order valence-electron chi connectivity index (χ4n) is 3.05. The van der Waals surface area contributed by atoms with E-state index in [0.717, 1.165) is 28.4 Å². The van der Waals surface area contributed by atoms with Gasteiger partial charge in [0, 0.05) is 0 Å². The molecule has 0 amide bonds. The van der Waals surface area contributed by atoms with E-state index < -0.39 is 0 Å². The predicted octanol–water partition coefficient (Wildman–Crippen LogP) is 4.58. The topological polar surface area (TPSA) is 26.3 Å². The molecule has 1 heterocycles. The number of aryl methyl sites for hydroxylation is 1. The Morgan fingerprint density at radius 2 is 1.86 bits per heavy atom. The lowest BCUT2D eigenvalue weighted by atomic mass is 9.94. The summed E-state index contributed by atoms with van der Waals surface area (Å²) in [5.74, 6) is 1.62.